The minimum atomic E-state index is -0.110. The molecule has 0 bridgehead atoms. The number of hydrogen-bond acceptors (Lipinski definition) is 6. The van der Waals surface area contributed by atoms with Crippen molar-refractivity contribution in [2.24, 2.45) is 0 Å². The lowest BCUT2D eigenvalue weighted by molar-refractivity contribution is 0.0674. The number of benzene rings is 2. The topological polar surface area (TPSA) is 67.8 Å². The average molecular weight is 473 g/mol. The summed E-state index contributed by atoms with van der Waals surface area (Å²) in [7, 11) is 1.59. The fourth-order valence-corrected chi connectivity index (χ4v) is 4.15. The number of ether oxygens (including phenoxy) is 2. The van der Waals surface area contributed by atoms with E-state index >= 15 is 0 Å². The molecule has 1 aromatic heterocycles. The number of methoxy groups -OCH3 is 1. The van der Waals surface area contributed by atoms with Crippen molar-refractivity contribution < 1.29 is 14.3 Å². The third-order valence-corrected chi connectivity index (χ3v) is 5.83. The Morgan fingerprint density at radius 3 is 2.56 bits per heavy atom. The van der Waals surface area contributed by atoms with E-state index in [-0.39, 0.29) is 11.9 Å². The van der Waals surface area contributed by atoms with Gasteiger partial charge >= 0.3 is 0 Å². The fourth-order valence-electron chi connectivity index (χ4n) is 3.66. The Morgan fingerprint density at radius 1 is 1.06 bits per heavy atom. The van der Waals surface area contributed by atoms with Crippen molar-refractivity contribution in [3.05, 3.63) is 70.5 Å². The molecule has 166 valence electrons. The molecule has 3 aromatic rings. The molecule has 0 spiro atoms. The summed E-state index contributed by atoms with van der Waals surface area (Å²) in [5, 5.41) is 0.852. The molecule has 0 aliphatic carbocycles. The molecule has 1 unspecified atom stereocenters. The number of carbonyl (C=O) groups excluding carboxylic acids is 1. The van der Waals surface area contributed by atoms with E-state index in [4.69, 9.17) is 32.7 Å². The van der Waals surface area contributed by atoms with Gasteiger partial charge < -0.3 is 19.3 Å². The molecule has 0 saturated carbocycles. The average Bonchev–Trinajstić information content (AvgIpc) is 2.79. The predicted octanol–water partition coefficient (Wildman–Crippen LogP) is 4.94. The molecule has 1 fully saturated rings. The highest BCUT2D eigenvalue weighted by Crippen LogP contribution is 2.31. The standard InChI is InChI=1S/C23H22Cl2N4O3/c1-15-13-28(9-10-29(15)23(30)17-8-7-16(24)11-18(17)25)21-12-22(27-14-26-21)32-20-6-4-3-5-19(20)31-2/h3-8,11-12,14-15H,9-10,13H2,1-2H3. The summed E-state index contributed by atoms with van der Waals surface area (Å²) < 4.78 is 11.2. The fraction of sp³-hybridized carbons (Fsp3) is 0.261. The number of piperazine rings is 1. The Hall–Kier alpha value is -3.03. The molecule has 9 heteroatoms. The Kier molecular flexibility index (Phi) is 6.67. The number of para-hydroxylation sites is 2. The summed E-state index contributed by atoms with van der Waals surface area (Å²) in [5.74, 6) is 2.23. The van der Waals surface area contributed by atoms with Crippen LogP contribution < -0.4 is 14.4 Å². The Bertz CT molecular complexity index is 1130. The molecule has 32 heavy (non-hydrogen) atoms. The Morgan fingerprint density at radius 2 is 1.84 bits per heavy atom. The molecule has 1 saturated heterocycles. The normalized spacial score (nSPS) is 16.1. The Labute approximate surface area is 196 Å². The van der Waals surface area contributed by atoms with Gasteiger partial charge in [-0.25, -0.2) is 9.97 Å². The SMILES string of the molecule is COc1ccccc1Oc1cc(N2CCN(C(=O)c3ccc(Cl)cc3Cl)C(C)C2)ncn1. The lowest BCUT2D eigenvalue weighted by atomic mass is 10.1. The first kappa shape index (κ1) is 22.2. The zero-order valence-electron chi connectivity index (χ0n) is 17.7. The van der Waals surface area contributed by atoms with Gasteiger partial charge in [0.2, 0.25) is 5.88 Å². The summed E-state index contributed by atoms with van der Waals surface area (Å²) in [6.45, 7) is 3.77. The number of aromatic nitrogens is 2. The lowest BCUT2D eigenvalue weighted by Crippen LogP contribution is -2.54. The summed E-state index contributed by atoms with van der Waals surface area (Å²) in [5.41, 5.74) is 0.450. The lowest BCUT2D eigenvalue weighted by Gasteiger charge is -2.40. The van der Waals surface area contributed by atoms with Crippen molar-refractivity contribution in [3.8, 4) is 17.4 Å². The second-order valence-electron chi connectivity index (χ2n) is 7.39. The highest BCUT2D eigenvalue weighted by molar-refractivity contribution is 6.36. The van der Waals surface area contributed by atoms with Gasteiger partial charge in [-0.15, -0.1) is 0 Å². The quantitative estimate of drug-likeness (QED) is 0.523. The van der Waals surface area contributed by atoms with Crippen LogP contribution in [0.3, 0.4) is 0 Å². The van der Waals surface area contributed by atoms with Gasteiger partial charge in [0.1, 0.15) is 12.1 Å². The van der Waals surface area contributed by atoms with Crippen LogP contribution in [0.4, 0.5) is 5.82 Å². The van der Waals surface area contributed by atoms with Gasteiger partial charge in [-0.3, -0.25) is 4.79 Å². The highest BCUT2D eigenvalue weighted by atomic mass is 35.5. The van der Waals surface area contributed by atoms with Crippen molar-refractivity contribution in [1.82, 2.24) is 14.9 Å². The maximum absolute atomic E-state index is 13.0. The van der Waals surface area contributed by atoms with Crippen molar-refractivity contribution in [3.63, 3.8) is 0 Å². The van der Waals surface area contributed by atoms with Crippen molar-refractivity contribution >= 4 is 34.9 Å². The number of hydrogen-bond donors (Lipinski definition) is 0. The van der Waals surface area contributed by atoms with Gasteiger partial charge in [0.25, 0.3) is 5.91 Å². The zero-order valence-corrected chi connectivity index (χ0v) is 19.2. The third kappa shape index (κ3) is 4.74. The molecular weight excluding hydrogens is 451 g/mol. The number of halogens is 2. The smallest absolute Gasteiger partial charge is 0.255 e. The summed E-state index contributed by atoms with van der Waals surface area (Å²) in [6, 6.07) is 14.0. The maximum Gasteiger partial charge on any atom is 0.255 e. The minimum Gasteiger partial charge on any atom is -0.493 e. The first-order valence-corrected chi connectivity index (χ1v) is 10.9. The first-order chi connectivity index (χ1) is 15.5. The molecular formula is C23H22Cl2N4O3. The van der Waals surface area contributed by atoms with Crippen LogP contribution in [-0.2, 0) is 0 Å². The second kappa shape index (κ2) is 9.63. The van der Waals surface area contributed by atoms with Crippen LogP contribution in [0.2, 0.25) is 10.0 Å². The van der Waals surface area contributed by atoms with Gasteiger partial charge in [0.05, 0.1) is 17.7 Å². The number of rotatable bonds is 5. The molecule has 2 heterocycles. The monoisotopic (exact) mass is 472 g/mol. The van der Waals surface area contributed by atoms with Crippen LogP contribution in [-0.4, -0.2) is 53.6 Å². The van der Waals surface area contributed by atoms with Gasteiger partial charge in [-0.1, -0.05) is 35.3 Å². The van der Waals surface area contributed by atoms with Crippen molar-refractivity contribution in [2.75, 3.05) is 31.6 Å². The minimum absolute atomic E-state index is 0.0449. The summed E-state index contributed by atoms with van der Waals surface area (Å²) in [6.07, 6.45) is 1.47. The van der Waals surface area contributed by atoms with Crippen molar-refractivity contribution in [2.45, 2.75) is 13.0 Å². The largest absolute Gasteiger partial charge is 0.493 e. The van der Waals surface area contributed by atoms with Crippen LogP contribution in [0.25, 0.3) is 0 Å². The van der Waals surface area contributed by atoms with Crippen LogP contribution in [0, 0.1) is 0 Å². The van der Waals surface area contributed by atoms with Crippen LogP contribution in [0.15, 0.2) is 54.9 Å². The second-order valence-corrected chi connectivity index (χ2v) is 8.23. The molecule has 1 amide bonds. The number of carbonyl (C=O) groups is 1. The van der Waals surface area contributed by atoms with E-state index in [0.717, 1.165) is 5.82 Å². The molecule has 0 N–H and O–H groups in total. The number of amides is 1. The molecule has 1 aliphatic rings. The highest BCUT2D eigenvalue weighted by Gasteiger charge is 2.30. The van der Waals surface area contributed by atoms with Gasteiger partial charge in [-0.05, 0) is 37.3 Å². The van der Waals surface area contributed by atoms with E-state index < -0.39 is 0 Å². The predicted molar refractivity (Wildman–Crippen MR) is 124 cm³/mol. The van der Waals surface area contributed by atoms with Crippen LogP contribution in [0.1, 0.15) is 17.3 Å². The van der Waals surface area contributed by atoms with Gasteiger partial charge in [0.15, 0.2) is 11.5 Å². The van der Waals surface area contributed by atoms with Gasteiger partial charge in [0, 0.05) is 36.8 Å². The van der Waals surface area contributed by atoms with Gasteiger partial charge in [-0.2, -0.15) is 0 Å². The van der Waals surface area contributed by atoms with E-state index in [1.54, 1.807) is 31.4 Å². The van der Waals surface area contributed by atoms with Crippen LogP contribution >= 0.6 is 23.2 Å². The molecule has 0 radical (unpaired) electrons. The van der Waals surface area contributed by atoms with E-state index in [9.17, 15) is 4.79 Å². The van der Waals surface area contributed by atoms with Crippen LogP contribution in [0.5, 0.6) is 17.4 Å². The number of nitrogens with zero attached hydrogens (tertiary/aromatic N) is 4. The summed E-state index contributed by atoms with van der Waals surface area (Å²) >= 11 is 12.2. The maximum atomic E-state index is 13.0. The van der Waals surface area contributed by atoms with E-state index in [2.05, 4.69) is 14.9 Å². The molecule has 7 nitrogen and oxygen atoms in total. The Balaban J connectivity index is 1.46. The molecule has 1 atom stereocenters. The van der Waals surface area contributed by atoms with E-state index in [0.29, 0.717) is 52.6 Å². The molecule has 2 aromatic carbocycles. The zero-order chi connectivity index (χ0) is 22.7. The third-order valence-electron chi connectivity index (χ3n) is 5.29. The van der Waals surface area contributed by atoms with E-state index in [1.165, 1.54) is 6.33 Å². The molecule has 4 rings (SSSR count). The summed E-state index contributed by atoms with van der Waals surface area (Å²) in [4.78, 5) is 25.6. The van der Waals surface area contributed by atoms with Crippen molar-refractivity contribution in [1.29, 1.82) is 0 Å². The first-order valence-electron chi connectivity index (χ1n) is 10.1. The van der Waals surface area contributed by atoms with E-state index in [1.807, 2.05) is 36.1 Å². The molecule has 1 aliphatic heterocycles. The number of anilines is 1.